The number of nitrogens with zero attached hydrogens (tertiary/aromatic N) is 1. The molecular formula is C66H91N3O10. The Labute approximate surface area is 468 Å². The number of phenolic OH excluding ortho intramolecular Hbond substituents is 2. The van der Waals surface area contributed by atoms with E-state index in [1.54, 1.807) is 19.2 Å². The van der Waals surface area contributed by atoms with Crippen molar-refractivity contribution in [2.75, 3.05) is 33.4 Å². The minimum Gasteiger partial charge on any atom is -0.508 e. The maximum absolute atomic E-state index is 12.8. The van der Waals surface area contributed by atoms with Crippen LogP contribution in [0.2, 0.25) is 0 Å². The van der Waals surface area contributed by atoms with Crippen molar-refractivity contribution in [3.05, 3.63) is 76.4 Å². The second-order valence-corrected chi connectivity index (χ2v) is 26.8. The Bertz CT molecular complexity index is 2780. The summed E-state index contributed by atoms with van der Waals surface area (Å²) in [5.74, 6) is 3.65. The van der Waals surface area contributed by atoms with Crippen molar-refractivity contribution in [3.8, 4) is 39.9 Å². The van der Waals surface area contributed by atoms with Gasteiger partial charge in [-0.1, -0.05) is 58.3 Å². The smallest absolute Gasteiger partial charge is 0.188 e. The monoisotopic (exact) mass is 1090 g/mol. The summed E-state index contributed by atoms with van der Waals surface area (Å²) >= 11 is 0. The summed E-state index contributed by atoms with van der Waals surface area (Å²) in [6, 6.07) is 11.4. The van der Waals surface area contributed by atoms with Gasteiger partial charge in [0, 0.05) is 55.8 Å². The van der Waals surface area contributed by atoms with Crippen LogP contribution in [0.1, 0.15) is 170 Å². The fourth-order valence-electron chi connectivity index (χ4n) is 18.7. The van der Waals surface area contributed by atoms with Gasteiger partial charge < -0.3 is 60.6 Å². The summed E-state index contributed by atoms with van der Waals surface area (Å²) in [5, 5.41) is 75.1. The molecule has 6 aliphatic heterocycles. The Morgan fingerprint density at radius 1 is 0.861 bits per heavy atom. The number of nitrogens with one attached hydrogen (secondary N) is 1. The molecule has 13 nitrogen and oxygen atoms in total. The first-order valence-electron chi connectivity index (χ1n) is 30.9. The summed E-state index contributed by atoms with van der Waals surface area (Å²) in [4.78, 5) is 5.27. The fraction of sp³-hybridized carbons (Fsp3) is 0.682. The van der Waals surface area contributed by atoms with Gasteiger partial charge >= 0.3 is 0 Å². The van der Waals surface area contributed by atoms with Gasteiger partial charge in [0.1, 0.15) is 29.5 Å². The zero-order valence-electron chi connectivity index (χ0n) is 47.5. The van der Waals surface area contributed by atoms with Crippen LogP contribution in [0.3, 0.4) is 0 Å². The number of fused-ring (bicyclic) bond motifs is 6. The number of hydrogen-bond acceptors (Lipinski definition) is 13. The molecule has 3 aromatic carbocycles. The standard InChI is InChI=1S/C66H91N3O10/c1-5-38-26-40-13-12-39(38)27-46(71)34-64(19-8-20-65(64)22-24-77-62-51(65)16-15-45-10-7-21-66(45,62)75)36-69-63(67)68-23-18-47-42(35-70)9-6-11-55(47)78-57-31-41(14-17-52(57)72)61-54(74)32-50-56(79-61)33-58(76-4)60-49-29-44(25-37(2)3)53(73)30-43(49)28-48(40)59(50)60/h12-14,17,29-31,33,37-40,42,45-48,51,54-55,61-62,70-75H,5-11,15-16,18-28,32,34-36H2,1-4H3,(H3,67,68,69). The number of ether oxygens (including phenoxy) is 4. The van der Waals surface area contributed by atoms with E-state index in [1.165, 1.54) is 0 Å². The average Bonchev–Trinajstić information content (AvgIpc) is 4.09. The Hall–Kier alpha value is -4.53. The second kappa shape index (κ2) is 22.0. The van der Waals surface area contributed by atoms with Gasteiger partial charge in [-0.3, -0.25) is 4.99 Å². The SMILES string of the molecule is CCC1CC2C=CC1CC(O)CC1(CCCC13CCOC1C3CCC3CCCC31O)CN=C(N)NCCC1C(CO)CCCC1Oc1cc(ccc1O)C1Oc3cc(OC)c4c(c3CC1O)C2Cc1cc(O)c(CC(C)C)cc1-4. The van der Waals surface area contributed by atoms with E-state index < -0.39 is 23.9 Å². The molecule has 5 fully saturated rings. The van der Waals surface area contributed by atoms with E-state index in [-0.39, 0.29) is 76.8 Å². The van der Waals surface area contributed by atoms with Gasteiger partial charge in [-0.25, -0.2) is 0 Å². The number of nitrogens with two attached hydrogens (primary N) is 1. The maximum Gasteiger partial charge on any atom is 0.188 e. The topological polar surface area (TPSA) is 209 Å². The van der Waals surface area contributed by atoms with E-state index in [1.807, 2.05) is 18.2 Å². The van der Waals surface area contributed by atoms with Crippen LogP contribution in [0.25, 0.3) is 11.1 Å². The number of aliphatic hydroxyl groups is 4. The number of methoxy groups -OCH3 is 1. The van der Waals surface area contributed by atoms with E-state index in [2.05, 4.69) is 44.3 Å². The lowest BCUT2D eigenvalue weighted by Gasteiger charge is -2.60. The van der Waals surface area contributed by atoms with E-state index in [9.17, 15) is 30.6 Å². The van der Waals surface area contributed by atoms with Crippen molar-refractivity contribution < 1.29 is 49.6 Å². The van der Waals surface area contributed by atoms with E-state index in [0.717, 1.165) is 130 Å². The van der Waals surface area contributed by atoms with Crippen molar-refractivity contribution in [2.45, 2.75) is 191 Å². The highest BCUT2D eigenvalue weighted by molar-refractivity contribution is 5.84. The molecule has 15 rings (SSSR count). The van der Waals surface area contributed by atoms with Crippen molar-refractivity contribution in [2.24, 2.45) is 68.9 Å². The zero-order valence-corrected chi connectivity index (χ0v) is 47.5. The Balaban J connectivity index is 0.955. The third kappa shape index (κ3) is 9.72. The molecule has 16 unspecified atom stereocenters. The van der Waals surface area contributed by atoms with Gasteiger partial charge in [-0.2, -0.15) is 0 Å². The third-order valence-electron chi connectivity index (χ3n) is 22.4. The predicted molar refractivity (Wildman–Crippen MR) is 306 cm³/mol. The molecule has 0 aromatic heterocycles. The number of rotatable bonds is 5. The van der Waals surface area contributed by atoms with Crippen LogP contribution in [0.5, 0.6) is 28.7 Å². The van der Waals surface area contributed by atoms with Crippen molar-refractivity contribution in [1.29, 1.82) is 0 Å². The molecular weight excluding hydrogens is 995 g/mol. The van der Waals surface area contributed by atoms with Gasteiger partial charge in [0.25, 0.3) is 0 Å². The van der Waals surface area contributed by atoms with Gasteiger partial charge in [0.2, 0.25) is 0 Å². The molecule has 6 heterocycles. The lowest BCUT2D eigenvalue weighted by molar-refractivity contribution is -0.242. The largest absolute Gasteiger partial charge is 0.508 e. The van der Waals surface area contributed by atoms with Crippen LogP contribution in [0.15, 0.2) is 53.5 Å². The average molecular weight is 1090 g/mol. The highest BCUT2D eigenvalue weighted by Gasteiger charge is 2.67. The summed E-state index contributed by atoms with van der Waals surface area (Å²) < 4.78 is 27.0. The number of aliphatic hydroxyl groups excluding tert-OH is 3. The van der Waals surface area contributed by atoms with Gasteiger partial charge in [0.15, 0.2) is 17.5 Å². The number of aromatic hydroxyl groups is 2. The molecule has 79 heavy (non-hydrogen) atoms. The van der Waals surface area contributed by atoms with Crippen LogP contribution < -0.4 is 25.3 Å². The Kier molecular flexibility index (Phi) is 15.3. The molecule has 4 saturated carbocycles. The number of phenols is 2. The predicted octanol–water partition coefficient (Wildman–Crippen LogP) is 10.4. The summed E-state index contributed by atoms with van der Waals surface area (Å²) in [6.07, 6.45) is 18.9. The van der Waals surface area contributed by atoms with Gasteiger partial charge in [-0.05, 0) is 213 Å². The minimum atomic E-state index is -0.924. The summed E-state index contributed by atoms with van der Waals surface area (Å²) in [5.41, 5.74) is 12.4. The maximum atomic E-state index is 12.8. The van der Waals surface area contributed by atoms with Crippen molar-refractivity contribution in [1.82, 2.24) is 5.32 Å². The van der Waals surface area contributed by atoms with Crippen LogP contribution >= 0.6 is 0 Å². The molecule has 9 N–H and O–H groups in total. The summed E-state index contributed by atoms with van der Waals surface area (Å²) in [7, 11) is 1.71. The number of guanidine groups is 1. The number of allylic oxidation sites excluding steroid dienone is 2. The lowest BCUT2D eigenvalue weighted by Crippen LogP contribution is -2.64. The molecule has 2 spiro atoms. The third-order valence-corrected chi connectivity index (χ3v) is 22.4. The molecule has 0 radical (unpaired) electrons. The quantitative estimate of drug-likeness (QED) is 0.112. The Morgan fingerprint density at radius 2 is 1.71 bits per heavy atom. The molecule has 0 amide bonds. The van der Waals surface area contributed by atoms with Crippen LogP contribution in [-0.2, 0) is 24.0 Å². The first kappa shape index (κ1) is 55.0. The van der Waals surface area contributed by atoms with Crippen molar-refractivity contribution in [3.63, 3.8) is 0 Å². The highest BCUT2D eigenvalue weighted by Crippen LogP contribution is 2.68. The molecule has 1 saturated heterocycles. The summed E-state index contributed by atoms with van der Waals surface area (Å²) in [6.45, 7) is 8.26. The van der Waals surface area contributed by atoms with Crippen LogP contribution in [0, 0.1) is 58.2 Å². The molecule has 430 valence electrons. The van der Waals surface area contributed by atoms with E-state index >= 15 is 0 Å². The molecule has 8 bridgehead atoms. The number of benzene rings is 3. The van der Waals surface area contributed by atoms with Crippen LogP contribution in [0.4, 0.5) is 0 Å². The van der Waals surface area contributed by atoms with Crippen LogP contribution in [-0.4, -0.2) is 100 Å². The molecule has 12 aliphatic rings. The molecule has 13 heteroatoms. The Morgan fingerprint density at radius 3 is 2.52 bits per heavy atom. The van der Waals surface area contributed by atoms with E-state index in [4.69, 9.17) is 29.7 Å². The lowest BCUT2D eigenvalue weighted by atomic mass is 9.49. The minimum absolute atomic E-state index is 0.000265. The normalized spacial score (nSPS) is 38.0. The number of aliphatic imine (C=N–C) groups is 1. The first-order chi connectivity index (χ1) is 38.2. The van der Waals surface area contributed by atoms with Gasteiger partial charge in [0.05, 0.1) is 31.0 Å². The highest BCUT2D eigenvalue weighted by atomic mass is 16.5. The van der Waals surface area contributed by atoms with Gasteiger partial charge in [-0.15, -0.1) is 0 Å². The van der Waals surface area contributed by atoms with Crippen molar-refractivity contribution >= 4 is 5.96 Å². The first-order valence-corrected chi connectivity index (χ1v) is 30.9. The zero-order chi connectivity index (χ0) is 55.0. The molecule has 3 aromatic rings. The number of hydrogen-bond donors (Lipinski definition) is 8. The molecule has 6 aliphatic carbocycles. The molecule has 16 atom stereocenters. The second-order valence-electron chi connectivity index (χ2n) is 26.8. The van der Waals surface area contributed by atoms with E-state index in [0.29, 0.717) is 98.2 Å². The fourth-order valence-corrected chi connectivity index (χ4v) is 18.7.